The van der Waals surface area contributed by atoms with Gasteiger partial charge in [-0.2, -0.15) is 0 Å². The second-order valence-corrected chi connectivity index (χ2v) is 8.88. The number of nitrogens with one attached hydrogen (secondary N) is 1. The van der Waals surface area contributed by atoms with E-state index in [0.717, 1.165) is 26.7 Å². The number of ether oxygens (including phenoxy) is 1. The first-order valence-electron chi connectivity index (χ1n) is 6.51. The first-order valence-corrected chi connectivity index (χ1v) is 9.69. The Morgan fingerprint density at radius 3 is 2.59 bits per heavy atom. The van der Waals surface area contributed by atoms with Gasteiger partial charge >= 0.3 is 5.97 Å². The highest BCUT2D eigenvalue weighted by Gasteiger charge is 2.27. The van der Waals surface area contributed by atoms with Crippen LogP contribution in [0, 0.1) is 13.8 Å². The minimum atomic E-state index is -3.79. The Morgan fingerprint density at radius 2 is 2.05 bits per heavy atom. The summed E-state index contributed by atoms with van der Waals surface area (Å²) < 4.78 is 32.3. The Hall–Kier alpha value is -1.22. The van der Waals surface area contributed by atoms with Crippen LogP contribution in [0.15, 0.2) is 22.4 Å². The maximum atomic E-state index is 12.5. The Kier molecular flexibility index (Phi) is 5.06. The van der Waals surface area contributed by atoms with Crippen molar-refractivity contribution in [1.82, 2.24) is 4.72 Å². The summed E-state index contributed by atoms with van der Waals surface area (Å²) in [6.45, 7) is 5.73. The first-order chi connectivity index (χ1) is 10.3. The molecule has 0 radical (unpaired) electrons. The zero-order chi connectivity index (χ0) is 16.5. The third-order valence-corrected chi connectivity index (χ3v) is 6.76. The van der Waals surface area contributed by atoms with E-state index in [4.69, 9.17) is 0 Å². The number of hydrogen-bond acceptors (Lipinski definition) is 6. The van der Waals surface area contributed by atoms with E-state index in [-0.39, 0.29) is 15.8 Å². The molecule has 2 heterocycles. The van der Waals surface area contributed by atoms with Crippen LogP contribution in [0.25, 0.3) is 0 Å². The highest BCUT2D eigenvalue weighted by atomic mass is 32.2. The van der Waals surface area contributed by atoms with E-state index in [9.17, 15) is 13.2 Å². The van der Waals surface area contributed by atoms with Crippen LogP contribution in [0.5, 0.6) is 0 Å². The largest absolute Gasteiger partial charge is 0.465 e. The molecule has 0 aliphatic heterocycles. The van der Waals surface area contributed by atoms with Gasteiger partial charge in [-0.25, -0.2) is 17.9 Å². The Balaban J connectivity index is 2.30. The number of methoxy groups -OCH3 is 1. The van der Waals surface area contributed by atoms with Crippen molar-refractivity contribution in [2.24, 2.45) is 0 Å². The minimum Gasteiger partial charge on any atom is -0.465 e. The quantitative estimate of drug-likeness (QED) is 0.832. The summed E-state index contributed by atoms with van der Waals surface area (Å²) in [5.74, 6) is -0.648. The molecule has 0 aliphatic carbocycles. The van der Waals surface area contributed by atoms with Crippen molar-refractivity contribution in [3.8, 4) is 0 Å². The maximum absolute atomic E-state index is 12.5. The van der Waals surface area contributed by atoms with Gasteiger partial charge in [0.05, 0.1) is 7.11 Å². The van der Waals surface area contributed by atoms with E-state index < -0.39 is 16.0 Å². The van der Waals surface area contributed by atoms with Gasteiger partial charge < -0.3 is 4.74 Å². The average Bonchev–Trinajstić information content (AvgIpc) is 3.04. The molecule has 0 aliphatic rings. The fraction of sp³-hybridized carbons (Fsp3) is 0.357. The number of rotatable bonds is 5. The van der Waals surface area contributed by atoms with Crippen molar-refractivity contribution in [1.29, 1.82) is 0 Å². The van der Waals surface area contributed by atoms with E-state index in [0.29, 0.717) is 0 Å². The molecule has 1 atom stereocenters. The maximum Gasteiger partial charge on any atom is 0.349 e. The molecule has 22 heavy (non-hydrogen) atoms. The standard InChI is InChI=1S/C14H17NO4S3/c1-8-7-11(10(3)21-8)9(2)15-22(17,18)12-5-6-20-13(12)14(16)19-4/h5-7,9,15H,1-4H3. The van der Waals surface area contributed by atoms with Crippen LogP contribution in [-0.4, -0.2) is 21.5 Å². The third-order valence-electron chi connectivity index (χ3n) is 3.17. The van der Waals surface area contributed by atoms with Crippen LogP contribution in [-0.2, 0) is 14.8 Å². The summed E-state index contributed by atoms with van der Waals surface area (Å²) in [5, 5.41) is 1.56. The predicted molar refractivity (Wildman–Crippen MR) is 88.2 cm³/mol. The lowest BCUT2D eigenvalue weighted by molar-refractivity contribution is 0.0602. The highest BCUT2D eigenvalue weighted by molar-refractivity contribution is 7.89. The molecule has 2 rings (SSSR count). The van der Waals surface area contributed by atoms with Crippen LogP contribution >= 0.6 is 22.7 Å². The van der Waals surface area contributed by atoms with Gasteiger partial charge in [0, 0.05) is 15.8 Å². The molecule has 0 spiro atoms. The Morgan fingerprint density at radius 1 is 1.36 bits per heavy atom. The molecule has 1 N–H and O–H groups in total. The second kappa shape index (κ2) is 6.49. The molecule has 0 saturated heterocycles. The van der Waals surface area contributed by atoms with E-state index in [2.05, 4.69) is 9.46 Å². The lowest BCUT2D eigenvalue weighted by Gasteiger charge is -2.14. The summed E-state index contributed by atoms with van der Waals surface area (Å²) in [6, 6.07) is 3.01. The van der Waals surface area contributed by atoms with Crippen molar-refractivity contribution >= 4 is 38.7 Å². The topological polar surface area (TPSA) is 72.5 Å². The molecule has 0 amide bonds. The summed E-state index contributed by atoms with van der Waals surface area (Å²) >= 11 is 2.67. The van der Waals surface area contributed by atoms with Gasteiger partial charge in [0.25, 0.3) is 0 Å². The number of hydrogen-bond donors (Lipinski definition) is 1. The molecule has 5 nitrogen and oxygen atoms in total. The van der Waals surface area contributed by atoms with E-state index in [1.54, 1.807) is 23.6 Å². The van der Waals surface area contributed by atoms with E-state index in [1.165, 1.54) is 13.2 Å². The first kappa shape index (κ1) is 17.1. The molecular formula is C14H17NO4S3. The van der Waals surface area contributed by atoms with Gasteiger partial charge in [-0.15, -0.1) is 22.7 Å². The molecule has 0 saturated carbocycles. The van der Waals surface area contributed by atoms with Gasteiger partial charge in [-0.3, -0.25) is 0 Å². The minimum absolute atomic E-state index is 0.0409. The van der Waals surface area contributed by atoms with Gasteiger partial charge in [-0.1, -0.05) is 0 Å². The summed E-state index contributed by atoms with van der Waals surface area (Å²) in [6.07, 6.45) is 0. The Bertz CT molecular complexity index is 789. The fourth-order valence-electron chi connectivity index (χ4n) is 2.19. The molecule has 0 aromatic carbocycles. The lowest BCUT2D eigenvalue weighted by atomic mass is 10.1. The molecule has 0 bridgehead atoms. The highest BCUT2D eigenvalue weighted by Crippen LogP contribution is 2.29. The summed E-state index contributed by atoms with van der Waals surface area (Å²) in [7, 11) is -2.57. The zero-order valence-corrected chi connectivity index (χ0v) is 15.1. The monoisotopic (exact) mass is 359 g/mol. The van der Waals surface area contributed by atoms with Crippen molar-refractivity contribution in [3.63, 3.8) is 0 Å². The number of thiophene rings is 2. The molecule has 120 valence electrons. The molecular weight excluding hydrogens is 342 g/mol. The van der Waals surface area contributed by atoms with Crippen LogP contribution < -0.4 is 4.72 Å². The molecule has 8 heteroatoms. The van der Waals surface area contributed by atoms with Crippen LogP contribution in [0.2, 0.25) is 0 Å². The average molecular weight is 359 g/mol. The SMILES string of the molecule is COC(=O)c1sccc1S(=O)(=O)NC(C)c1cc(C)sc1C. The van der Waals surface area contributed by atoms with Gasteiger partial charge in [0.1, 0.15) is 9.77 Å². The number of esters is 1. The van der Waals surface area contributed by atoms with Crippen molar-refractivity contribution in [3.05, 3.63) is 37.7 Å². The van der Waals surface area contributed by atoms with Crippen LogP contribution in [0.1, 0.15) is 38.0 Å². The van der Waals surface area contributed by atoms with E-state index >= 15 is 0 Å². The lowest BCUT2D eigenvalue weighted by Crippen LogP contribution is -2.27. The van der Waals surface area contributed by atoms with Gasteiger partial charge in [-0.05, 0) is 43.8 Å². The third kappa shape index (κ3) is 3.40. The number of carbonyl (C=O) groups excluding carboxylic acids is 1. The smallest absolute Gasteiger partial charge is 0.349 e. The second-order valence-electron chi connectivity index (χ2n) is 4.82. The normalized spacial score (nSPS) is 13.1. The number of aryl methyl sites for hydroxylation is 2. The van der Waals surface area contributed by atoms with Gasteiger partial charge in [0.15, 0.2) is 0 Å². The van der Waals surface area contributed by atoms with Crippen LogP contribution in [0.4, 0.5) is 0 Å². The van der Waals surface area contributed by atoms with Crippen LogP contribution in [0.3, 0.4) is 0 Å². The molecule has 2 aromatic rings. The van der Waals surface area contributed by atoms with Crippen molar-refractivity contribution in [2.75, 3.05) is 7.11 Å². The number of carbonyl (C=O) groups is 1. The summed E-state index contributed by atoms with van der Waals surface area (Å²) in [5.41, 5.74) is 0.945. The fourth-order valence-corrected chi connectivity index (χ4v) is 5.77. The Labute approximate surface area is 138 Å². The van der Waals surface area contributed by atoms with Gasteiger partial charge in [0.2, 0.25) is 10.0 Å². The summed E-state index contributed by atoms with van der Waals surface area (Å²) in [4.78, 5) is 13.9. The van der Waals surface area contributed by atoms with E-state index in [1.807, 2.05) is 19.9 Å². The predicted octanol–water partition coefficient (Wildman–Crippen LogP) is 3.25. The van der Waals surface area contributed by atoms with Crippen molar-refractivity contribution in [2.45, 2.75) is 31.7 Å². The zero-order valence-electron chi connectivity index (χ0n) is 12.7. The number of sulfonamides is 1. The molecule has 2 aromatic heterocycles. The molecule has 0 fully saturated rings. The molecule has 1 unspecified atom stereocenters. The van der Waals surface area contributed by atoms with Crippen molar-refractivity contribution < 1.29 is 17.9 Å².